The van der Waals surface area contributed by atoms with Crippen molar-refractivity contribution in [2.45, 2.75) is 18.9 Å². The molecule has 0 saturated carbocycles. The third-order valence-corrected chi connectivity index (χ3v) is 3.87. The maximum Gasteiger partial charge on any atom is 0.407 e. The van der Waals surface area contributed by atoms with Gasteiger partial charge in [0.2, 0.25) is 0 Å². The second kappa shape index (κ2) is 6.30. The van der Waals surface area contributed by atoms with Crippen molar-refractivity contribution in [2.75, 3.05) is 11.4 Å². The van der Waals surface area contributed by atoms with Crippen LogP contribution in [0.15, 0.2) is 22.7 Å². The van der Waals surface area contributed by atoms with Crippen LogP contribution in [0.2, 0.25) is 0 Å². The molecule has 1 fully saturated rings. The summed E-state index contributed by atoms with van der Waals surface area (Å²) in [6, 6.07) is 1.55. The van der Waals surface area contributed by atoms with Crippen molar-refractivity contribution in [3.05, 3.63) is 28.5 Å². The van der Waals surface area contributed by atoms with E-state index in [9.17, 15) is 18.8 Å². The van der Waals surface area contributed by atoms with Crippen molar-refractivity contribution in [3.8, 4) is 0 Å². The molecule has 1 aliphatic heterocycles. The normalized spacial score (nSPS) is 17.4. The molecule has 7 nitrogen and oxygen atoms in total. The summed E-state index contributed by atoms with van der Waals surface area (Å²) in [4.78, 5) is 36.6. The molecule has 0 aliphatic carbocycles. The van der Waals surface area contributed by atoms with Crippen molar-refractivity contribution in [1.29, 1.82) is 0 Å². The number of imide groups is 1. The number of primary amides is 1. The van der Waals surface area contributed by atoms with Crippen molar-refractivity contribution >= 4 is 39.6 Å². The van der Waals surface area contributed by atoms with Crippen molar-refractivity contribution in [3.63, 3.8) is 0 Å². The summed E-state index contributed by atoms with van der Waals surface area (Å²) in [7, 11) is 0. The molecule has 3 N–H and O–H groups in total. The number of hydrogen-bond acceptors (Lipinski definition) is 3. The lowest BCUT2D eigenvalue weighted by molar-refractivity contribution is -0.121. The number of nitrogens with two attached hydrogens (primary N) is 1. The Hall–Kier alpha value is -2.16. The highest BCUT2D eigenvalue weighted by Crippen LogP contribution is 2.27. The highest BCUT2D eigenvalue weighted by atomic mass is 79.9. The fourth-order valence-electron chi connectivity index (χ4n) is 2.41. The van der Waals surface area contributed by atoms with Gasteiger partial charge in [-0.15, -0.1) is 0 Å². The maximum atomic E-state index is 14.0. The first-order valence-corrected chi connectivity index (χ1v) is 7.20. The minimum atomic E-state index is -1.27. The molecular weight excluding hydrogens is 361 g/mol. The smallest absolute Gasteiger partial charge is 0.407 e. The number of carboxylic acid groups (broad SMARTS) is 1. The summed E-state index contributed by atoms with van der Waals surface area (Å²) in [6.45, 7) is 0.182. The molecule has 1 aromatic carbocycles. The summed E-state index contributed by atoms with van der Waals surface area (Å²) in [6.07, 6.45) is -0.526. The van der Waals surface area contributed by atoms with Gasteiger partial charge in [0.25, 0.3) is 5.91 Å². The zero-order valence-electron chi connectivity index (χ0n) is 11.3. The summed E-state index contributed by atoms with van der Waals surface area (Å²) in [5, 5.41) is 9.07. The Morgan fingerprint density at radius 1 is 1.41 bits per heavy atom. The van der Waals surface area contributed by atoms with Gasteiger partial charge in [0, 0.05) is 11.0 Å². The number of benzene rings is 1. The summed E-state index contributed by atoms with van der Waals surface area (Å²) >= 11 is 3.07. The van der Waals surface area contributed by atoms with E-state index in [4.69, 9.17) is 10.8 Å². The first-order chi connectivity index (χ1) is 10.3. The van der Waals surface area contributed by atoms with Crippen molar-refractivity contribution in [1.82, 2.24) is 4.90 Å². The monoisotopic (exact) mass is 373 g/mol. The average molecular weight is 374 g/mol. The van der Waals surface area contributed by atoms with Gasteiger partial charge in [0.1, 0.15) is 11.9 Å². The van der Waals surface area contributed by atoms with Gasteiger partial charge in [-0.2, -0.15) is 0 Å². The number of carbonyl (C=O) groups excluding carboxylic acids is 2. The van der Waals surface area contributed by atoms with Gasteiger partial charge in [-0.25, -0.2) is 18.9 Å². The molecule has 118 valence electrons. The Kier molecular flexibility index (Phi) is 4.65. The van der Waals surface area contributed by atoms with Crippen LogP contribution in [-0.4, -0.2) is 40.6 Å². The number of hydrogen-bond donors (Lipinski definition) is 2. The number of rotatable bonds is 2. The summed E-state index contributed by atoms with van der Waals surface area (Å²) in [5.41, 5.74) is 4.88. The third-order valence-electron chi connectivity index (χ3n) is 3.37. The van der Waals surface area contributed by atoms with Crippen LogP contribution < -0.4 is 10.6 Å². The van der Waals surface area contributed by atoms with E-state index in [0.29, 0.717) is 15.8 Å². The van der Waals surface area contributed by atoms with Gasteiger partial charge in [-0.3, -0.25) is 9.69 Å². The van der Waals surface area contributed by atoms with E-state index in [0.717, 1.165) is 11.0 Å². The van der Waals surface area contributed by atoms with E-state index in [1.807, 2.05) is 0 Å². The molecule has 1 unspecified atom stereocenters. The molecule has 0 spiro atoms. The number of urea groups is 1. The molecule has 1 aliphatic rings. The molecule has 1 saturated heterocycles. The van der Waals surface area contributed by atoms with E-state index >= 15 is 0 Å². The molecule has 1 heterocycles. The Bertz CT molecular complexity index is 640. The Morgan fingerprint density at radius 3 is 2.64 bits per heavy atom. The lowest BCUT2D eigenvalue weighted by Crippen LogP contribution is -2.51. The second-order valence-corrected chi connectivity index (χ2v) is 5.66. The number of anilines is 1. The van der Waals surface area contributed by atoms with Crippen LogP contribution in [0.4, 0.5) is 19.7 Å². The predicted molar refractivity (Wildman–Crippen MR) is 78.9 cm³/mol. The maximum absolute atomic E-state index is 14.0. The standard InChI is InChI=1S/C13H13BrFN3O4/c14-7-3-4-9(8(15)6-7)18(12(16)20)11(19)10-2-1-5-17(10)13(21)22/h3-4,6,10H,1-2,5H2,(H2,16,20)(H,21,22). The number of halogens is 2. The third kappa shape index (κ3) is 3.03. The molecule has 0 bridgehead atoms. The largest absolute Gasteiger partial charge is 0.465 e. The lowest BCUT2D eigenvalue weighted by Gasteiger charge is -2.26. The number of nitrogens with zero attached hydrogens (tertiary/aromatic N) is 2. The molecule has 4 amide bonds. The summed E-state index contributed by atoms with van der Waals surface area (Å²) < 4.78 is 14.4. The topological polar surface area (TPSA) is 104 Å². The molecule has 2 rings (SSSR count). The van der Waals surface area contributed by atoms with Gasteiger partial charge >= 0.3 is 12.1 Å². The number of carbonyl (C=O) groups is 3. The average Bonchev–Trinajstić information content (AvgIpc) is 2.90. The quantitative estimate of drug-likeness (QED) is 0.828. The predicted octanol–water partition coefficient (Wildman–Crippen LogP) is 2.14. The Morgan fingerprint density at radius 2 is 2.09 bits per heavy atom. The molecule has 9 heteroatoms. The van der Waals surface area contributed by atoms with Crippen molar-refractivity contribution < 1.29 is 23.9 Å². The molecule has 1 aromatic rings. The lowest BCUT2D eigenvalue weighted by atomic mass is 10.1. The molecule has 22 heavy (non-hydrogen) atoms. The second-order valence-electron chi connectivity index (χ2n) is 4.74. The Balaban J connectivity index is 2.37. The first-order valence-electron chi connectivity index (χ1n) is 6.41. The van der Waals surface area contributed by atoms with E-state index in [-0.39, 0.29) is 18.7 Å². The minimum absolute atomic E-state index is 0.182. The van der Waals surface area contributed by atoms with Crippen LogP contribution in [-0.2, 0) is 4.79 Å². The Labute approximate surface area is 133 Å². The van der Waals surface area contributed by atoms with Crippen LogP contribution in [0, 0.1) is 5.82 Å². The zero-order chi connectivity index (χ0) is 16.4. The van der Waals surface area contributed by atoms with E-state index in [1.54, 1.807) is 0 Å². The van der Waals surface area contributed by atoms with E-state index < -0.39 is 29.9 Å². The molecular formula is C13H13BrFN3O4. The fourth-order valence-corrected chi connectivity index (χ4v) is 2.74. The molecule has 0 radical (unpaired) electrons. The van der Waals surface area contributed by atoms with Crippen LogP contribution in [0.5, 0.6) is 0 Å². The fraction of sp³-hybridized carbons (Fsp3) is 0.308. The first kappa shape index (κ1) is 16.2. The zero-order valence-corrected chi connectivity index (χ0v) is 12.9. The molecule has 0 aromatic heterocycles. The number of amides is 4. The van der Waals surface area contributed by atoms with E-state index in [1.165, 1.54) is 12.1 Å². The van der Waals surface area contributed by atoms with Gasteiger partial charge in [-0.05, 0) is 31.0 Å². The number of likely N-dealkylation sites (tertiary alicyclic amines) is 1. The minimum Gasteiger partial charge on any atom is -0.465 e. The van der Waals surface area contributed by atoms with Crippen molar-refractivity contribution in [2.24, 2.45) is 5.73 Å². The molecule has 1 atom stereocenters. The highest BCUT2D eigenvalue weighted by Gasteiger charge is 2.39. The van der Waals surface area contributed by atoms with E-state index in [2.05, 4.69) is 15.9 Å². The van der Waals surface area contributed by atoms with Crippen LogP contribution in [0.25, 0.3) is 0 Å². The van der Waals surface area contributed by atoms with Crippen LogP contribution in [0.3, 0.4) is 0 Å². The van der Waals surface area contributed by atoms with Gasteiger partial charge in [-0.1, -0.05) is 15.9 Å². The van der Waals surface area contributed by atoms with Crippen LogP contribution >= 0.6 is 15.9 Å². The van der Waals surface area contributed by atoms with Gasteiger partial charge in [0.05, 0.1) is 5.69 Å². The van der Waals surface area contributed by atoms with Gasteiger partial charge < -0.3 is 10.8 Å². The van der Waals surface area contributed by atoms with Crippen LogP contribution in [0.1, 0.15) is 12.8 Å². The SMILES string of the molecule is NC(=O)N(C(=O)C1CCCN1C(=O)O)c1ccc(Br)cc1F. The summed E-state index contributed by atoms with van der Waals surface area (Å²) in [5.74, 6) is -1.67. The van der Waals surface area contributed by atoms with Gasteiger partial charge in [0.15, 0.2) is 0 Å². The highest BCUT2D eigenvalue weighted by molar-refractivity contribution is 9.10.